The summed E-state index contributed by atoms with van der Waals surface area (Å²) in [5.41, 5.74) is 1.48. The van der Waals surface area contributed by atoms with Gasteiger partial charge in [0.2, 0.25) is 0 Å². The van der Waals surface area contributed by atoms with Gasteiger partial charge in [0.25, 0.3) is 5.91 Å². The molecule has 16 heavy (non-hydrogen) atoms. The number of aromatic nitrogens is 1. The second kappa shape index (κ2) is 4.22. The van der Waals surface area contributed by atoms with E-state index in [2.05, 4.69) is 10.3 Å². The SMILES string of the molecule is CCCNC(=O)c1ccc2[nH]c(=O)oc2c1. The molecule has 0 atom stereocenters. The van der Waals surface area contributed by atoms with Gasteiger partial charge in [-0.2, -0.15) is 0 Å². The van der Waals surface area contributed by atoms with Gasteiger partial charge in [0.05, 0.1) is 5.52 Å². The van der Waals surface area contributed by atoms with Gasteiger partial charge in [0.1, 0.15) is 0 Å². The lowest BCUT2D eigenvalue weighted by atomic mass is 10.2. The molecule has 1 amide bonds. The highest BCUT2D eigenvalue weighted by Crippen LogP contribution is 2.12. The van der Waals surface area contributed by atoms with Crippen LogP contribution in [-0.2, 0) is 0 Å². The van der Waals surface area contributed by atoms with E-state index in [1.54, 1.807) is 18.2 Å². The highest BCUT2D eigenvalue weighted by molar-refractivity contribution is 5.96. The summed E-state index contributed by atoms with van der Waals surface area (Å²) in [6, 6.07) is 4.86. The molecule has 0 aliphatic carbocycles. The largest absolute Gasteiger partial charge is 0.417 e. The molecule has 1 aromatic heterocycles. The van der Waals surface area contributed by atoms with Crippen LogP contribution in [0.1, 0.15) is 23.7 Å². The molecule has 1 aromatic carbocycles. The Balaban J connectivity index is 2.31. The van der Waals surface area contributed by atoms with E-state index in [9.17, 15) is 9.59 Å². The average Bonchev–Trinajstić information content (AvgIpc) is 2.64. The van der Waals surface area contributed by atoms with Gasteiger partial charge in [-0.15, -0.1) is 0 Å². The van der Waals surface area contributed by atoms with Crippen molar-refractivity contribution in [3.8, 4) is 0 Å². The number of H-pyrrole nitrogens is 1. The average molecular weight is 220 g/mol. The second-order valence-corrected chi connectivity index (χ2v) is 3.48. The van der Waals surface area contributed by atoms with Crippen molar-refractivity contribution >= 4 is 17.0 Å². The Morgan fingerprint density at radius 3 is 3.06 bits per heavy atom. The monoisotopic (exact) mass is 220 g/mol. The van der Waals surface area contributed by atoms with E-state index in [4.69, 9.17) is 4.42 Å². The first-order valence-corrected chi connectivity index (χ1v) is 5.12. The predicted octanol–water partition coefficient (Wildman–Crippen LogP) is 1.26. The van der Waals surface area contributed by atoms with Crippen LogP contribution >= 0.6 is 0 Å². The Hall–Kier alpha value is -2.04. The van der Waals surface area contributed by atoms with Crippen LogP contribution in [0.4, 0.5) is 0 Å². The number of oxazole rings is 1. The molecule has 0 radical (unpaired) electrons. The molecule has 0 fully saturated rings. The first-order valence-electron chi connectivity index (χ1n) is 5.12. The molecule has 5 nitrogen and oxygen atoms in total. The molecule has 0 unspecified atom stereocenters. The molecule has 0 bridgehead atoms. The lowest BCUT2D eigenvalue weighted by molar-refractivity contribution is 0.0953. The molecule has 2 aromatic rings. The van der Waals surface area contributed by atoms with Gasteiger partial charge in [0, 0.05) is 12.1 Å². The van der Waals surface area contributed by atoms with Gasteiger partial charge in [-0.3, -0.25) is 9.78 Å². The third-order valence-electron chi connectivity index (χ3n) is 2.22. The number of fused-ring (bicyclic) bond motifs is 1. The lowest BCUT2D eigenvalue weighted by Gasteiger charge is -2.02. The normalized spacial score (nSPS) is 10.6. The Kier molecular flexibility index (Phi) is 2.76. The van der Waals surface area contributed by atoms with E-state index >= 15 is 0 Å². The maximum absolute atomic E-state index is 11.6. The topological polar surface area (TPSA) is 75.1 Å². The highest BCUT2D eigenvalue weighted by Gasteiger charge is 2.07. The third-order valence-corrected chi connectivity index (χ3v) is 2.22. The summed E-state index contributed by atoms with van der Waals surface area (Å²) >= 11 is 0. The maximum atomic E-state index is 11.6. The Bertz CT molecular complexity index is 568. The number of carbonyl (C=O) groups is 1. The Labute approximate surface area is 91.5 Å². The first kappa shape index (κ1) is 10.5. The third kappa shape index (κ3) is 1.98. The molecule has 0 saturated carbocycles. The summed E-state index contributed by atoms with van der Waals surface area (Å²) in [5, 5.41) is 2.75. The fraction of sp³-hybridized carbons (Fsp3) is 0.273. The molecule has 5 heteroatoms. The smallest absolute Gasteiger partial charge is 0.408 e. The van der Waals surface area contributed by atoms with Crippen LogP contribution in [0, 0.1) is 0 Å². The number of rotatable bonds is 3. The second-order valence-electron chi connectivity index (χ2n) is 3.48. The molecular weight excluding hydrogens is 208 g/mol. The first-order chi connectivity index (χ1) is 7.70. The Morgan fingerprint density at radius 1 is 1.50 bits per heavy atom. The van der Waals surface area contributed by atoms with Crippen molar-refractivity contribution in [1.82, 2.24) is 10.3 Å². The van der Waals surface area contributed by atoms with Crippen LogP contribution in [0.3, 0.4) is 0 Å². The van der Waals surface area contributed by atoms with Crippen LogP contribution in [0.25, 0.3) is 11.1 Å². The fourth-order valence-corrected chi connectivity index (χ4v) is 1.43. The molecule has 84 valence electrons. The van der Waals surface area contributed by atoms with Gasteiger partial charge in [0.15, 0.2) is 5.58 Å². The quantitative estimate of drug-likeness (QED) is 0.817. The zero-order valence-electron chi connectivity index (χ0n) is 8.87. The summed E-state index contributed by atoms with van der Waals surface area (Å²) in [6.07, 6.45) is 0.882. The van der Waals surface area contributed by atoms with Crippen LogP contribution in [0.15, 0.2) is 27.4 Å². The number of amides is 1. The predicted molar refractivity (Wildman–Crippen MR) is 59.5 cm³/mol. The summed E-state index contributed by atoms with van der Waals surface area (Å²) in [7, 11) is 0. The van der Waals surface area contributed by atoms with Gasteiger partial charge in [-0.1, -0.05) is 6.92 Å². The minimum atomic E-state index is -0.513. The minimum Gasteiger partial charge on any atom is -0.408 e. The number of hydrogen-bond donors (Lipinski definition) is 2. The maximum Gasteiger partial charge on any atom is 0.417 e. The highest BCUT2D eigenvalue weighted by atomic mass is 16.4. The van der Waals surface area contributed by atoms with E-state index in [0.717, 1.165) is 6.42 Å². The van der Waals surface area contributed by atoms with E-state index in [1.165, 1.54) is 0 Å². The molecular formula is C11H12N2O3. The number of carbonyl (C=O) groups excluding carboxylic acids is 1. The molecule has 0 aliphatic rings. The summed E-state index contributed by atoms with van der Waals surface area (Å²) in [4.78, 5) is 25.0. The molecule has 1 heterocycles. The minimum absolute atomic E-state index is 0.160. The Morgan fingerprint density at radius 2 is 2.31 bits per heavy atom. The molecule has 0 spiro atoms. The number of aromatic amines is 1. The van der Waals surface area contributed by atoms with Crippen LogP contribution in [-0.4, -0.2) is 17.4 Å². The molecule has 2 rings (SSSR count). The van der Waals surface area contributed by atoms with Crippen molar-refractivity contribution < 1.29 is 9.21 Å². The van der Waals surface area contributed by atoms with Gasteiger partial charge >= 0.3 is 5.76 Å². The van der Waals surface area contributed by atoms with Crippen molar-refractivity contribution in [2.24, 2.45) is 0 Å². The number of nitrogens with one attached hydrogen (secondary N) is 2. The summed E-state index contributed by atoms with van der Waals surface area (Å²) < 4.78 is 4.87. The number of hydrogen-bond acceptors (Lipinski definition) is 3. The van der Waals surface area contributed by atoms with Crippen molar-refractivity contribution in [2.75, 3.05) is 6.54 Å². The van der Waals surface area contributed by atoms with Crippen LogP contribution in [0.5, 0.6) is 0 Å². The van der Waals surface area contributed by atoms with Gasteiger partial charge < -0.3 is 9.73 Å². The molecule has 0 aliphatic heterocycles. The van der Waals surface area contributed by atoms with Gasteiger partial charge in [-0.05, 0) is 24.6 Å². The van der Waals surface area contributed by atoms with Crippen LogP contribution in [0.2, 0.25) is 0 Å². The van der Waals surface area contributed by atoms with Crippen LogP contribution < -0.4 is 11.1 Å². The lowest BCUT2D eigenvalue weighted by Crippen LogP contribution is -2.23. The van der Waals surface area contributed by atoms with Crippen molar-refractivity contribution in [2.45, 2.75) is 13.3 Å². The van der Waals surface area contributed by atoms with Crippen molar-refractivity contribution in [3.63, 3.8) is 0 Å². The van der Waals surface area contributed by atoms with Crippen molar-refractivity contribution in [3.05, 3.63) is 34.3 Å². The summed E-state index contributed by atoms with van der Waals surface area (Å²) in [6.45, 7) is 2.61. The number of benzene rings is 1. The molecule has 2 N–H and O–H groups in total. The van der Waals surface area contributed by atoms with E-state index in [1.807, 2.05) is 6.92 Å². The zero-order valence-corrected chi connectivity index (χ0v) is 8.87. The van der Waals surface area contributed by atoms with E-state index < -0.39 is 5.76 Å². The van der Waals surface area contributed by atoms with Gasteiger partial charge in [-0.25, -0.2) is 4.79 Å². The van der Waals surface area contributed by atoms with E-state index in [0.29, 0.717) is 23.2 Å². The van der Waals surface area contributed by atoms with E-state index in [-0.39, 0.29) is 5.91 Å². The van der Waals surface area contributed by atoms with Crippen molar-refractivity contribution in [1.29, 1.82) is 0 Å². The molecule has 0 saturated heterocycles. The zero-order chi connectivity index (χ0) is 11.5. The fourth-order valence-electron chi connectivity index (χ4n) is 1.43. The summed E-state index contributed by atoms with van der Waals surface area (Å²) in [5.74, 6) is -0.672. The standard InChI is InChI=1S/C11H12N2O3/c1-2-5-12-10(14)7-3-4-8-9(6-7)16-11(15)13-8/h3-4,6H,2,5H2,1H3,(H,12,14)(H,13,15).